The molecular formula is C26H32N2O3. The van der Waals surface area contributed by atoms with Gasteiger partial charge in [-0.15, -0.1) is 0 Å². The molecule has 0 amide bonds. The number of ketones is 1. The van der Waals surface area contributed by atoms with Crippen LogP contribution in [0.5, 0.6) is 11.5 Å². The first-order valence-electron chi connectivity index (χ1n) is 11.1. The Labute approximate surface area is 185 Å². The second-order valence-electron chi connectivity index (χ2n) is 8.57. The summed E-state index contributed by atoms with van der Waals surface area (Å²) in [5.41, 5.74) is 4.71. The van der Waals surface area contributed by atoms with Crippen LogP contribution >= 0.6 is 0 Å². The lowest BCUT2D eigenvalue weighted by Crippen LogP contribution is -2.33. The number of piperidine rings is 1. The Bertz CT molecular complexity index is 957. The lowest BCUT2D eigenvalue weighted by molar-refractivity contribution is 0.104. The summed E-state index contributed by atoms with van der Waals surface area (Å²) in [5, 5.41) is 0. The van der Waals surface area contributed by atoms with E-state index in [-0.39, 0.29) is 5.78 Å². The molecule has 0 aromatic heterocycles. The SMILES string of the molecule is COc1cc2c(cc1OCCN1CCCCC1)C(=O)/C(=C/c1ccc(N(C)C)cc1)C2. The van der Waals surface area contributed by atoms with Crippen LogP contribution in [0.1, 0.15) is 40.7 Å². The number of allylic oxidation sites excluding steroid dienone is 1. The average molecular weight is 421 g/mol. The predicted octanol–water partition coefficient (Wildman–Crippen LogP) is 4.45. The highest BCUT2D eigenvalue weighted by molar-refractivity contribution is 6.15. The molecule has 164 valence electrons. The van der Waals surface area contributed by atoms with Gasteiger partial charge in [0, 0.05) is 43.9 Å². The third-order valence-corrected chi connectivity index (χ3v) is 6.17. The molecule has 0 saturated carbocycles. The van der Waals surface area contributed by atoms with Crippen molar-refractivity contribution in [2.45, 2.75) is 25.7 Å². The number of likely N-dealkylation sites (tertiary alicyclic amines) is 1. The summed E-state index contributed by atoms with van der Waals surface area (Å²) in [4.78, 5) is 17.6. The number of ether oxygens (including phenoxy) is 2. The van der Waals surface area contributed by atoms with E-state index in [1.165, 1.54) is 19.3 Å². The Kier molecular flexibility index (Phi) is 6.62. The van der Waals surface area contributed by atoms with Crippen molar-refractivity contribution in [1.29, 1.82) is 0 Å². The van der Waals surface area contributed by atoms with Gasteiger partial charge in [0.25, 0.3) is 0 Å². The van der Waals surface area contributed by atoms with Gasteiger partial charge in [0.2, 0.25) is 0 Å². The summed E-state index contributed by atoms with van der Waals surface area (Å²) >= 11 is 0. The van der Waals surface area contributed by atoms with Crippen molar-refractivity contribution >= 4 is 17.5 Å². The third kappa shape index (κ3) is 4.93. The van der Waals surface area contributed by atoms with Crippen LogP contribution in [-0.4, -0.2) is 58.1 Å². The molecule has 2 aliphatic rings. The minimum Gasteiger partial charge on any atom is -0.493 e. The summed E-state index contributed by atoms with van der Waals surface area (Å²) in [7, 11) is 5.69. The van der Waals surface area contributed by atoms with E-state index in [4.69, 9.17) is 9.47 Å². The fourth-order valence-corrected chi connectivity index (χ4v) is 4.34. The maximum absolute atomic E-state index is 13.1. The predicted molar refractivity (Wildman–Crippen MR) is 126 cm³/mol. The number of hydrogen-bond donors (Lipinski definition) is 0. The van der Waals surface area contributed by atoms with Crippen LogP contribution in [0.15, 0.2) is 42.0 Å². The van der Waals surface area contributed by atoms with E-state index in [0.29, 0.717) is 24.5 Å². The van der Waals surface area contributed by atoms with Crippen LogP contribution in [-0.2, 0) is 6.42 Å². The number of methoxy groups -OCH3 is 1. The molecule has 0 atom stereocenters. The summed E-state index contributed by atoms with van der Waals surface area (Å²) in [5.74, 6) is 1.43. The second kappa shape index (κ2) is 9.56. The Hall–Kier alpha value is -2.79. The highest BCUT2D eigenvalue weighted by Gasteiger charge is 2.27. The quantitative estimate of drug-likeness (QED) is 0.619. The Morgan fingerprint density at radius 1 is 1.03 bits per heavy atom. The van der Waals surface area contributed by atoms with Crippen LogP contribution in [0.4, 0.5) is 5.69 Å². The fourth-order valence-electron chi connectivity index (χ4n) is 4.34. The van der Waals surface area contributed by atoms with Crippen molar-refractivity contribution in [3.63, 3.8) is 0 Å². The minimum atomic E-state index is 0.0789. The van der Waals surface area contributed by atoms with E-state index in [1.807, 2.05) is 44.4 Å². The summed E-state index contributed by atoms with van der Waals surface area (Å²) < 4.78 is 11.6. The molecule has 1 aliphatic carbocycles. The minimum absolute atomic E-state index is 0.0789. The van der Waals surface area contributed by atoms with Crippen LogP contribution < -0.4 is 14.4 Å². The van der Waals surface area contributed by atoms with Gasteiger partial charge >= 0.3 is 0 Å². The number of Topliss-reactive ketones (excluding diaryl/α,β-unsaturated/α-hetero) is 1. The molecule has 5 nitrogen and oxygen atoms in total. The first kappa shape index (κ1) is 21.4. The number of hydrogen-bond acceptors (Lipinski definition) is 5. The Morgan fingerprint density at radius 2 is 1.77 bits per heavy atom. The lowest BCUT2D eigenvalue weighted by Gasteiger charge is -2.26. The normalized spacial score (nSPS) is 17.6. The zero-order valence-corrected chi connectivity index (χ0v) is 18.8. The molecule has 2 aromatic carbocycles. The summed E-state index contributed by atoms with van der Waals surface area (Å²) in [6, 6.07) is 12.1. The van der Waals surface area contributed by atoms with Gasteiger partial charge in [0.1, 0.15) is 6.61 Å². The van der Waals surface area contributed by atoms with E-state index in [9.17, 15) is 4.79 Å². The van der Waals surface area contributed by atoms with E-state index in [2.05, 4.69) is 21.9 Å². The molecule has 1 heterocycles. The monoisotopic (exact) mass is 420 g/mol. The third-order valence-electron chi connectivity index (χ3n) is 6.17. The Morgan fingerprint density at radius 3 is 2.45 bits per heavy atom. The molecule has 1 aliphatic heterocycles. The summed E-state index contributed by atoms with van der Waals surface area (Å²) in [6.07, 6.45) is 6.47. The van der Waals surface area contributed by atoms with Gasteiger partial charge in [0.05, 0.1) is 7.11 Å². The molecule has 1 fully saturated rings. The number of rotatable bonds is 7. The zero-order chi connectivity index (χ0) is 21.8. The number of carbonyl (C=O) groups is 1. The van der Waals surface area contributed by atoms with Gasteiger partial charge < -0.3 is 14.4 Å². The van der Waals surface area contributed by atoms with Gasteiger partial charge in [-0.05, 0) is 67.4 Å². The van der Waals surface area contributed by atoms with Crippen LogP contribution in [0.25, 0.3) is 6.08 Å². The molecule has 0 radical (unpaired) electrons. The molecular weight excluding hydrogens is 388 g/mol. The van der Waals surface area contributed by atoms with Crippen molar-refractivity contribution in [3.05, 3.63) is 58.7 Å². The Balaban J connectivity index is 1.48. The van der Waals surface area contributed by atoms with Crippen molar-refractivity contribution in [2.75, 3.05) is 52.3 Å². The molecule has 2 aromatic rings. The molecule has 31 heavy (non-hydrogen) atoms. The van der Waals surface area contributed by atoms with Crippen molar-refractivity contribution in [3.8, 4) is 11.5 Å². The zero-order valence-electron chi connectivity index (χ0n) is 18.8. The topological polar surface area (TPSA) is 42.0 Å². The first-order chi connectivity index (χ1) is 15.0. The molecule has 0 N–H and O–H groups in total. The van der Waals surface area contributed by atoms with E-state index >= 15 is 0 Å². The highest BCUT2D eigenvalue weighted by atomic mass is 16.5. The molecule has 1 saturated heterocycles. The standard InChI is InChI=1S/C26H32N2O3/c1-27(2)22-9-7-19(8-10-22)15-21-16-20-17-24(30-3)25(18-23(20)26(21)29)31-14-13-28-11-5-4-6-12-28/h7-10,15,17-18H,4-6,11-14,16H2,1-3H3/b21-15+. The number of nitrogens with zero attached hydrogens (tertiary/aromatic N) is 2. The molecule has 0 bridgehead atoms. The van der Waals surface area contributed by atoms with E-state index in [0.717, 1.165) is 47.6 Å². The van der Waals surface area contributed by atoms with Gasteiger partial charge in [-0.2, -0.15) is 0 Å². The van der Waals surface area contributed by atoms with Gasteiger partial charge in [-0.1, -0.05) is 18.6 Å². The maximum atomic E-state index is 13.1. The lowest BCUT2D eigenvalue weighted by atomic mass is 10.1. The smallest absolute Gasteiger partial charge is 0.189 e. The van der Waals surface area contributed by atoms with Crippen LogP contribution in [0.3, 0.4) is 0 Å². The van der Waals surface area contributed by atoms with Gasteiger partial charge in [0.15, 0.2) is 17.3 Å². The van der Waals surface area contributed by atoms with E-state index < -0.39 is 0 Å². The average Bonchev–Trinajstić information content (AvgIpc) is 3.08. The number of anilines is 1. The van der Waals surface area contributed by atoms with E-state index in [1.54, 1.807) is 7.11 Å². The number of benzene rings is 2. The second-order valence-corrected chi connectivity index (χ2v) is 8.57. The highest BCUT2D eigenvalue weighted by Crippen LogP contribution is 2.37. The van der Waals surface area contributed by atoms with Crippen molar-refractivity contribution < 1.29 is 14.3 Å². The van der Waals surface area contributed by atoms with Crippen molar-refractivity contribution in [2.24, 2.45) is 0 Å². The fraction of sp³-hybridized carbons (Fsp3) is 0.423. The largest absolute Gasteiger partial charge is 0.493 e. The van der Waals surface area contributed by atoms with Gasteiger partial charge in [-0.25, -0.2) is 0 Å². The van der Waals surface area contributed by atoms with Crippen LogP contribution in [0.2, 0.25) is 0 Å². The molecule has 4 rings (SSSR count). The first-order valence-corrected chi connectivity index (χ1v) is 11.1. The molecule has 5 heteroatoms. The summed E-state index contributed by atoms with van der Waals surface area (Å²) in [6.45, 7) is 3.80. The maximum Gasteiger partial charge on any atom is 0.189 e. The number of fused-ring (bicyclic) bond motifs is 1. The van der Waals surface area contributed by atoms with Crippen LogP contribution in [0, 0.1) is 0 Å². The van der Waals surface area contributed by atoms with Crippen molar-refractivity contribution in [1.82, 2.24) is 4.90 Å². The molecule has 0 spiro atoms. The number of carbonyl (C=O) groups excluding carboxylic acids is 1. The van der Waals surface area contributed by atoms with Gasteiger partial charge in [-0.3, -0.25) is 9.69 Å². The molecule has 0 unspecified atom stereocenters.